The van der Waals surface area contributed by atoms with Crippen LogP contribution in [-0.4, -0.2) is 71.7 Å². The van der Waals surface area contributed by atoms with E-state index in [2.05, 4.69) is 91.5 Å². The molecule has 0 unspecified atom stereocenters. The lowest BCUT2D eigenvalue weighted by Crippen LogP contribution is -2.59. The van der Waals surface area contributed by atoms with E-state index in [1.54, 1.807) is 17.0 Å². The van der Waals surface area contributed by atoms with Crippen molar-refractivity contribution >= 4 is 42.1 Å². The van der Waals surface area contributed by atoms with Gasteiger partial charge >= 0.3 is 6.09 Å². The van der Waals surface area contributed by atoms with Crippen LogP contribution in [0.25, 0.3) is 33.1 Å². The highest BCUT2D eigenvalue weighted by atomic mass is 28.4. The van der Waals surface area contributed by atoms with Crippen molar-refractivity contribution in [1.29, 1.82) is 0 Å². The monoisotopic (exact) mass is 841 g/mol. The summed E-state index contributed by atoms with van der Waals surface area (Å²) in [6.45, 7) is 15.1. The molecule has 9 rings (SSSR count). The fraction of sp³-hybridized carbons (Fsp3) is 0.408. The van der Waals surface area contributed by atoms with Gasteiger partial charge in [-0.1, -0.05) is 75.4 Å². The van der Waals surface area contributed by atoms with Gasteiger partial charge in [0.2, 0.25) is 5.56 Å². The van der Waals surface area contributed by atoms with Crippen LogP contribution >= 0.6 is 0 Å². The first-order valence-electron chi connectivity index (χ1n) is 21.8. The number of aryl methyl sites for hydroxylation is 2. The van der Waals surface area contributed by atoms with Crippen LogP contribution in [0.3, 0.4) is 0 Å². The van der Waals surface area contributed by atoms with Gasteiger partial charge < -0.3 is 34.3 Å². The Kier molecular flexibility index (Phi) is 12.2. The van der Waals surface area contributed by atoms with Gasteiger partial charge in [0.15, 0.2) is 19.8 Å². The standard InChI is InChI=1S/C49H59N5O6Si/c1-49(2,3)61(4,5)60-44(37-18-20-42(55)47-38(37)19-22-45(56)52-47)30-50-29-33-16-21-43-39(27-33)51-46(59-43)14-10-9-11-32-15-17-36(34-12-7-6-8-13-34)40(28-32)54(48(57)58)41-31-53-25-23-35(41)24-26-53/h6-8,12-13,15-22,27-28,35,41,44,50,55H,9-11,14,23-26,29-31H2,1-5H3,(H,52,56)(H,57,58)/t41-,44+/m0/s1. The van der Waals surface area contributed by atoms with Crippen molar-refractivity contribution in [3.63, 3.8) is 0 Å². The molecule has 3 saturated heterocycles. The number of unbranched alkanes of at least 4 members (excludes halogenated alkanes) is 1. The molecule has 4 N–H and O–H groups in total. The van der Waals surface area contributed by atoms with Crippen LogP contribution < -0.4 is 15.8 Å². The number of hydrogen-bond donors (Lipinski definition) is 4. The second-order valence-corrected chi connectivity index (χ2v) is 23.2. The van der Waals surface area contributed by atoms with Gasteiger partial charge in [-0.2, -0.15) is 0 Å². The topological polar surface area (TPSA) is 144 Å². The van der Waals surface area contributed by atoms with Crippen LogP contribution in [0, 0.1) is 5.92 Å². The zero-order chi connectivity index (χ0) is 42.9. The summed E-state index contributed by atoms with van der Waals surface area (Å²) in [7, 11) is -2.22. The Morgan fingerprint density at radius 3 is 2.46 bits per heavy atom. The lowest BCUT2D eigenvalue weighted by molar-refractivity contribution is 0.0837. The highest BCUT2D eigenvalue weighted by molar-refractivity contribution is 6.74. The number of hydrogen-bond acceptors (Lipinski definition) is 8. The van der Waals surface area contributed by atoms with Crippen molar-refractivity contribution in [2.45, 2.75) is 96.1 Å². The molecule has 61 heavy (non-hydrogen) atoms. The summed E-state index contributed by atoms with van der Waals surface area (Å²) in [6.07, 6.45) is 4.21. The number of oxazole rings is 1. The predicted molar refractivity (Wildman–Crippen MR) is 245 cm³/mol. The molecule has 2 atom stereocenters. The number of H-pyrrole nitrogens is 1. The van der Waals surface area contributed by atoms with Crippen LogP contribution in [0.1, 0.15) is 75.1 Å². The molecule has 2 bridgehead atoms. The number of phenolic OH excluding ortho intramolecular Hbond substituents is 1. The number of phenols is 1. The molecule has 4 aromatic carbocycles. The number of rotatable bonds is 15. The van der Waals surface area contributed by atoms with Crippen LogP contribution in [0.4, 0.5) is 10.5 Å². The molecular weight excluding hydrogens is 783 g/mol. The number of piperidine rings is 3. The van der Waals surface area contributed by atoms with Gasteiger partial charge in [-0.25, -0.2) is 9.78 Å². The number of aromatic amines is 1. The minimum Gasteiger partial charge on any atom is -0.506 e. The number of carboxylic acid groups (broad SMARTS) is 1. The first-order chi connectivity index (χ1) is 29.2. The van der Waals surface area contributed by atoms with Gasteiger partial charge in [-0.05, 0) is 122 Å². The lowest BCUT2D eigenvalue weighted by atomic mass is 9.82. The Bertz CT molecular complexity index is 2560. The highest BCUT2D eigenvalue weighted by Crippen LogP contribution is 2.42. The third-order valence-corrected chi connectivity index (χ3v) is 17.8. The Hall–Kier alpha value is -5.27. The van der Waals surface area contributed by atoms with Crippen molar-refractivity contribution in [3.8, 4) is 16.9 Å². The zero-order valence-corrected chi connectivity index (χ0v) is 37.0. The third-order valence-electron chi connectivity index (χ3n) is 13.3. The summed E-state index contributed by atoms with van der Waals surface area (Å²) in [5.41, 5.74) is 7.58. The molecule has 3 fully saturated rings. The fourth-order valence-electron chi connectivity index (χ4n) is 8.92. The maximum absolute atomic E-state index is 13.0. The molecular formula is C49H59N5O6Si. The number of nitrogens with zero attached hydrogens (tertiary/aromatic N) is 3. The summed E-state index contributed by atoms with van der Waals surface area (Å²) < 4.78 is 13.2. The Morgan fingerprint density at radius 1 is 0.984 bits per heavy atom. The summed E-state index contributed by atoms with van der Waals surface area (Å²) >= 11 is 0. The van der Waals surface area contributed by atoms with E-state index in [0.29, 0.717) is 36.8 Å². The Labute approximate surface area is 358 Å². The van der Waals surface area contributed by atoms with Gasteiger partial charge in [0.25, 0.3) is 0 Å². The average Bonchev–Trinajstić information content (AvgIpc) is 3.65. The Morgan fingerprint density at radius 2 is 1.74 bits per heavy atom. The van der Waals surface area contributed by atoms with Crippen LogP contribution in [0.5, 0.6) is 5.75 Å². The van der Waals surface area contributed by atoms with Crippen molar-refractivity contribution in [2.75, 3.05) is 31.1 Å². The predicted octanol–water partition coefficient (Wildman–Crippen LogP) is 10.0. The smallest absolute Gasteiger partial charge is 0.412 e. The van der Waals surface area contributed by atoms with Crippen molar-refractivity contribution < 1.29 is 23.9 Å². The quantitative estimate of drug-likeness (QED) is 0.0587. The van der Waals surface area contributed by atoms with Crippen LogP contribution in [0.15, 0.2) is 100 Å². The van der Waals surface area contributed by atoms with Crippen LogP contribution in [0.2, 0.25) is 18.1 Å². The van der Waals surface area contributed by atoms with Gasteiger partial charge in [0.1, 0.15) is 11.3 Å². The number of anilines is 1. The first-order valence-corrected chi connectivity index (χ1v) is 24.7. The van der Waals surface area contributed by atoms with E-state index in [9.17, 15) is 19.8 Å². The zero-order valence-electron chi connectivity index (χ0n) is 36.0. The molecule has 2 aromatic heterocycles. The van der Waals surface area contributed by atoms with Gasteiger partial charge in [-0.3, -0.25) is 9.69 Å². The second kappa shape index (κ2) is 17.6. The van der Waals surface area contributed by atoms with E-state index in [-0.39, 0.29) is 28.5 Å². The molecule has 6 aromatic rings. The molecule has 0 spiro atoms. The molecule has 1 amide bonds. The molecule has 0 aliphatic carbocycles. The number of amides is 1. The minimum atomic E-state index is -2.22. The molecule has 320 valence electrons. The van der Waals surface area contributed by atoms with E-state index in [0.717, 1.165) is 102 Å². The van der Waals surface area contributed by atoms with Crippen molar-refractivity contribution in [2.24, 2.45) is 5.92 Å². The molecule has 3 aliphatic rings. The molecule has 11 nitrogen and oxygen atoms in total. The summed E-state index contributed by atoms with van der Waals surface area (Å²) in [4.78, 5) is 36.9. The van der Waals surface area contributed by atoms with Gasteiger partial charge in [0.05, 0.1) is 23.3 Å². The van der Waals surface area contributed by atoms with Crippen molar-refractivity contribution in [3.05, 3.63) is 124 Å². The van der Waals surface area contributed by atoms with E-state index >= 15 is 0 Å². The van der Waals surface area contributed by atoms with Gasteiger partial charge in [-0.15, -0.1) is 0 Å². The average molecular weight is 842 g/mol. The fourth-order valence-corrected chi connectivity index (χ4v) is 10.2. The summed E-state index contributed by atoms with van der Waals surface area (Å²) in [5, 5.41) is 25.6. The number of carbonyl (C=O) groups is 1. The molecule has 3 aliphatic heterocycles. The van der Waals surface area contributed by atoms with E-state index < -0.39 is 14.4 Å². The molecule has 0 saturated carbocycles. The SMILES string of the molecule is CC(C)(C)[Si](C)(C)O[C@H](CNCc1ccc2oc(CCCCc3ccc(-c4ccccc4)c(N(C(=O)O)[C@H]4CN5CCC4CC5)c3)nc2c1)c1ccc(O)c2[nH]c(=O)ccc12. The Balaban J connectivity index is 0.921. The van der Waals surface area contributed by atoms with Gasteiger partial charge in [0, 0.05) is 43.1 Å². The maximum atomic E-state index is 13.0. The molecule has 0 radical (unpaired) electrons. The maximum Gasteiger partial charge on any atom is 0.412 e. The second-order valence-electron chi connectivity index (χ2n) is 18.5. The number of fused-ring (bicyclic) bond motifs is 5. The third kappa shape index (κ3) is 9.33. The minimum absolute atomic E-state index is 0.0177. The number of nitrogens with one attached hydrogen (secondary N) is 2. The van der Waals surface area contributed by atoms with Crippen LogP contribution in [-0.2, 0) is 23.8 Å². The van der Waals surface area contributed by atoms with E-state index in [4.69, 9.17) is 13.8 Å². The normalized spacial score (nSPS) is 18.5. The highest BCUT2D eigenvalue weighted by Gasteiger charge is 2.41. The largest absolute Gasteiger partial charge is 0.506 e. The lowest BCUT2D eigenvalue weighted by Gasteiger charge is -2.48. The number of benzene rings is 4. The summed E-state index contributed by atoms with van der Waals surface area (Å²) in [6, 6.07) is 29.3. The molecule has 12 heteroatoms. The first kappa shape index (κ1) is 42.4. The molecule has 5 heterocycles. The summed E-state index contributed by atoms with van der Waals surface area (Å²) in [5.74, 6) is 1.12. The van der Waals surface area contributed by atoms with E-state index in [1.165, 1.54) is 6.07 Å². The van der Waals surface area contributed by atoms with Crippen molar-refractivity contribution in [1.82, 2.24) is 20.2 Å². The number of pyridine rings is 1. The van der Waals surface area contributed by atoms with E-state index in [1.807, 2.05) is 30.3 Å². The number of aromatic hydroxyl groups is 1. The number of aromatic nitrogens is 2.